The molecule has 228 valence electrons. The molecule has 43 heavy (non-hydrogen) atoms. The molecule has 0 spiro atoms. The molecule has 2 aliphatic rings. The molecule has 4 atom stereocenters. The fraction of sp³-hybridized carbons (Fsp3) is 0.452. The summed E-state index contributed by atoms with van der Waals surface area (Å²) in [5.41, 5.74) is 5.88. The quantitative estimate of drug-likeness (QED) is 0.152. The molecule has 9 nitrogen and oxygen atoms in total. The molecular weight excluding hydrogens is 652 g/mol. The standard InChI is InChI=1S/C31H36BrClN4O5Si/c1-5-18-12-21(32)14-34-26(18)19-6-8-20(9-7-19)27-22(33)13-23-30(36-27)37(17-39-10-11-43(2,3)4)31(35-23)42-25-16-41-28-24(38)15-40-29(25)28/h6-9,12-14,24-25,28-29,38H,5,10-11,15-17H2,1-4H3. The number of nitrogens with zero attached hydrogens (tertiary/aromatic N) is 4. The van der Waals surface area contributed by atoms with E-state index in [0.717, 1.165) is 33.8 Å². The van der Waals surface area contributed by atoms with Crippen LogP contribution in [0.3, 0.4) is 0 Å². The van der Waals surface area contributed by atoms with Gasteiger partial charge in [0.05, 0.1) is 29.6 Å². The van der Waals surface area contributed by atoms with Crippen LogP contribution in [0.4, 0.5) is 0 Å². The lowest BCUT2D eigenvalue weighted by Gasteiger charge is -2.19. The minimum Gasteiger partial charge on any atom is -0.456 e. The highest BCUT2D eigenvalue weighted by atomic mass is 79.9. The van der Waals surface area contributed by atoms with Crippen LogP contribution in [-0.4, -0.2) is 76.9 Å². The van der Waals surface area contributed by atoms with Gasteiger partial charge in [-0.15, -0.1) is 0 Å². The average Bonchev–Trinajstić information content (AvgIpc) is 3.65. The number of aliphatic hydroxyl groups is 1. The molecule has 4 aromatic rings. The van der Waals surface area contributed by atoms with E-state index in [0.29, 0.717) is 41.1 Å². The second kappa shape index (κ2) is 12.5. The predicted octanol–water partition coefficient (Wildman–Crippen LogP) is 6.36. The normalized spacial score (nSPS) is 21.9. The van der Waals surface area contributed by atoms with Crippen molar-refractivity contribution < 1.29 is 24.1 Å². The fourth-order valence-electron chi connectivity index (χ4n) is 5.42. The van der Waals surface area contributed by atoms with E-state index in [1.54, 1.807) is 0 Å². The zero-order valence-corrected chi connectivity index (χ0v) is 28.1. The molecule has 0 saturated carbocycles. The summed E-state index contributed by atoms with van der Waals surface area (Å²) in [4.78, 5) is 14.4. The lowest BCUT2D eigenvalue weighted by molar-refractivity contribution is 0.00336. The SMILES string of the molecule is CCc1cc(Br)cnc1-c1ccc(-c2nc3c(cc2Cl)nc(OC2COC4C(O)COC24)n3COCC[Si](C)(C)C)cc1. The number of aromatic nitrogens is 4. The number of imidazole rings is 1. The second-order valence-electron chi connectivity index (χ2n) is 12.2. The van der Waals surface area contributed by atoms with Crippen LogP contribution in [-0.2, 0) is 27.4 Å². The highest BCUT2D eigenvalue weighted by molar-refractivity contribution is 9.10. The van der Waals surface area contributed by atoms with E-state index in [2.05, 4.69) is 53.5 Å². The molecule has 0 radical (unpaired) electrons. The molecule has 0 aliphatic carbocycles. The van der Waals surface area contributed by atoms with Crippen LogP contribution in [0, 0.1) is 0 Å². The van der Waals surface area contributed by atoms with Crippen molar-refractivity contribution in [2.24, 2.45) is 0 Å². The number of fused-ring (bicyclic) bond motifs is 2. The van der Waals surface area contributed by atoms with Gasteiger partial charge in [0.25, 0.3) is 0 Å². The lowest BCUT2D eigenvalue weighted by atomic mass is 10.0. The third-order valence-corrected chi connectivity index (χ3v) is 10.3. The van der Waals surface area contributed by atoms with Crippen molar-refractivity contribution in [3.05, 3.63) is 57.7 Å². The molecule has 0 amide bonds. The van der Waals surface area contributed by atoms with Crippen molar-refractivity contribution in [1.29, 1.82) is 0 Å². The Kier molecular flexibility index (Phi) is 8.94. The fourth-order valence-corrected chi connectivity index (χ4v) is 6.81. The zero-order chi connectivity index (χ0) is 30.3. The molecule has 1 aromatic carbocycles. The highest BCUT2D eigenvalue weighted by Gasteiger charge is 2.49. The van der Waals surface area contributed by atoms with Gasteiger partial charge in [0, 0.05) is 36.5 Å². The summed E-state index contributed by atoms with van der Waals surface area (Å²) in [7, 11) is -1.27. The van der Waals surface area contributed by atoms with Crippen LogP contribution >= 0.6 is 27.5 Å². The van der Waals surface area contributed by atoms with Crippen LogP contribution in [0.5, 0.6) is 6.01 Å². The highest BCUT2D eigenvalue weighted by Crippen LogP contribution is 2.35. The molecule has 2 fully saturated rings. The van der Waals surface area contributed by atoms with Gasteiger partial charge in [-0.3, -0.25) is 9.55 Å². The number of pyridine rings is 2. The van der Waals surface area contributed by atoms with E-state index < -0.39 is 26.4 Å². The number of ether oxygens (including phenoxy) is 4. The van der Waals surface area contributed by atoms with Crippen molar-refractivity contribution in [3.8, 4) is 28.5 Å². The molecule has 0 bridgehead atoms. The van der Waals surface area contributed by atoms with Gasteiger partial charge in [-0.1, -0.05) is 62.4 Å². The van der Waals surface area contributed by atoms with E-state index in [9.17, 15) is 5.11 Å². The van der Waals surface area contributed by atoms with Crippen molar-refractivity contribution in [2.45, 2.75) is 70.2 Å². The Balaban J connectivity index is 1.32. The summed E-state index contributed by atoms with van der Waals surface area (Å²) < 4.78 is 26.8. The summed E-state index contributed by atoms with van der Waals surface area (Å²) in [5, 5.41) is 10.7. The maximum Gasteiger partial charge on any atom is 0.301 e. The maximum absolute atomic E-state index is 10.2. The number of aryl methyl sites for hydroxylation is 1. The number of halogens is 2. The van der Waals surface area contributed by atoms with Gasteiger partial charge < -0.3 is 24.1 Å². The van der Waals surface area contributed by atoms with Gasteiger partial charge >= 0.3 is 6.01 Å². The van der Waals surface area contributed by atoms with Gasteiger partial charge in [0.2, 0.25) is 0 Å². The van der Waals surface area contributed by atoms with Crippen molar-refractivity contribution >= 4 is 46.8 Å². The first kappa shape index (κ1) is 30.6. The number of hydrogen-bond acceptors (Lipinski definition) is 8. The Morgan fingerprint density at radius 1 is 1.05 bits per heavy atom. The number of aliphatic hydroxyl groups excluding tert-OH is 1. The molecule has 6 rings (SSSR count). The van der Waals surface area contributed by atoms with Crippen molar-refractivity contribution in [1.82, 2.24) is 19.5 Å². The average molecular weight is 688 g/mol. The Morgan fingerprint density at radius 3 is 2.49 bits per heavy atom. The Bertz CT molecular complexity index is 1610. The molecule has 1 N–H and O–H groups in total. The van der Waals surface area contributed by atoms with Gasteiger partial charge in [-0.05, 0) is 46.1 Å². The van der Waals surface area contributed by atoms with Gasteiger partial charge in [-0.2, -0.15) is 4.98 Å². The molecule has 4 unspecified atom stereocenters. The number of rotatable bonds is 10. The van der Waals surface area contributed by atoms with E-state index in [-0.39, 0.29) is 19.4 Å². The van der Waals surface area contributed by atoms with Crippen LogP contribution in [0.1, 0.15) is 12.5 Å². The van der Waals surface area contributed by atoms with Gasteiger partial charge in [-0.25, -0.2) is 4.98 Å². The topological polar surface area (TPSA) is 101 Å². The monoisotopic (exact) mass is 686 g/mol. The summed E-state index contributed by atoms with van der Waals surface area (Å²) in [6, 6.07) is 13.4. The van der Waals surface area contributed by atoms with Crippen LogP contribution in [0.15, 0.2) is 47.1 Å². The molecule has 5 heterocycles. The zero-order valence-electron chi connectivity index (χ0n) is 24.7. The predicted molar refractivity (Wildman–Crippen MR) is 172 cm³/mol. The van der Waals surface area contributed by atoms with Crippen LogP contribution in [0.25, 0.3) is 33.7 Å². The minimum atomic E-state index is -1.27. The molecular formula is C31H36BrClN4O5Si. The number of hydrogen-bond donors (Lipinski definition) is 1. The van der Waals surface area contributed by atoms with Crippen LogP contribution in [0.2, 0.25) is 30.7 Å². The summed E-state index contributed by atoms with van der Waals surface area (Å²) in [6.45, 7) is 10.5. The maximum atomic E-state index is 10.2. The van der Waals surface area contributed by atoms with Gasteiger partial charge in [0.15, 0.2) is 11.8 Å². The van der Waals surface area contributed by atoms with Gasteiger partial charge in [0.1, 0.15) is 30.6 Å². The number of benzene rings is 1. The molecule has 2 aliphatic heterocycles. The van der Waals surface area contributed by atoms with E-state index in [1.807, 2.05) is 41.1 Å². The first-order valence-corrected chi connectivity index (χ1v) is 19.5. The summed E-state index contributed by atoms with van der Waals surface area (Å²) in [5.74, 6) is 0. The lowest BCUT2D eigenvalue weighted by Crippen LogP contribution is -2.35. The Labute approximate surface area is 265 Å². The summed E-state index contributed by atoms with van der Waals surface area (Å²) >= 11 is 10.3. The largest absolute Gasteiger partial charge is 0.456 e. The van der Waals surface area contributed by atoms with Crippen molar-refractivity contribution in [3.63, 3.8) is 0 Å². The van der Waals surface area contributed by atoms with Crippen molar-refractivity contribution in [2.75, 3.05) is 19.8 Å². The Morgan fingerprint density at radius 2 is 1.77 bits per heavy atom. The van der Waals surface area contributed by atoms with E-state index in [4.69, 9.17) is 40.5 Å². The third-order valence-electron chi connectivity index (χ3n) is 7.84. The second-order valence-corrected chi connectivity index (χ2v) is 19.2. The minimum absolute atomic E-state index is 0.225. The first-order chi connectivity index (χ1) is 20.6. The molecule has 3 aromatic heterocycles. The first-order valence-electron chi connectivity index (χ1n) is 14.6. The molecule has 2 saturated heterocycles. The van der Waals surface area contributed by atoms with E-state index >= 15 is 0 Å². The van der Waals surface area contributed by atoms with Crippen LogP contribution < -0.4 is 4.74 Å². The summed E-state index contributed by atoms with van der Waals surface area (Å²) in [6.07, 6.45) is 0.852. The smallest absolute Gasteiger partial charge is 0.301 e. The third kappa shape index (κ3) is 6.54. The molecule has 12 heteroatoms. The van der Waals surface area contributed by atoms with E-state index in [1.165, 1.54) is 5.56 Å². The Hall–Kier alpha value is -2.38.